The zero-order valence-corrected chi connectivity index (χ0v) is 22.9. The molecule has 3 aromatic carbocycles. The number of amides is 2. The maximum absolute atomic E-state index is 13.7. The second-order valence-electron chi connectivity index (χ2n) is 9.19. The Hall–Kier alpha value is -4.70. The van der Waals surface area contributed by atoms with Crippen LogP contribution in [0.5, 0.6) is 0 Å². The largest absolute Gasteiger partial charge is 0.399 e. The number of aromatic nitrogens is 2. The van der Waals surface area contributed by atoms with Crippen LogP contribution in [0, 0.1) is 5.92 Å². The minimum Gasteiger partial charge on any atom is -0.399 e. The van der Waals surface area contributed by atoms with Crippen LogP contribution in [0.1, 0.15) is 23.6 Å². The summed E-state index contributed by atoms with van der Waals surface area (Å²) in [5.74, 6) is -2.75. The molecule has 0 saturated carbocycles. The van der Waals surface area contributed by atoms with Gasteiger partial charge in [-0.15, -0.1) is 0 Å². The highest BCUT2D eigenvalue weighted by atomic mass is 32.2. The molecule has 0 aliphatic heterocycles. The number of anilines is 2. The summed E-state index contributed by atoms with van der Waals surface area (Å²) >= 11 is 0. The number of hydrogen-bond donors (Lipinski definition) is 2. The lowest BCUT2D eigenvalue weighted by Gasteiger charge is -2.25. The fourth-order valence-electron chi connectivity index (χ4n) is 4.24. The maximum atomic E-state index is 13.7. The molecule has 0 spiro atoms. The van der Waals surface area contributed by atoms with Gasteiger partial charge in [0.2, 0.25) is 11.8 Å². The van der Waals surface area contributed by atoms with Crippen LogP contribution in [-0.2, 0) is 32.6 Å². The van der Waals surface area contributed by atoms with Crippen LogP contribution in [0.25, 0.3) is 6.08 Å². The van der Waals surface area contributed by atoms with Gasteiger partial charge in [0, 0.05) is 24.1 Å². The van der Waals surface area contributed by atoms with Gasteiger partial charge in [-0.25, -0.2) is 13.1 Å². The third-order valence-electron chi connectivity index (χ3n) is 6.17. The van der Waals surface area contributed by atoms with Crippen molar-refractivity contribution >= 4 is 39.3 Å². The molecule has 0 bridgehead atoms. The lowest BCUT2D eigenvalue weighted by Crippen LogP contribution is -2.46. The molecule has 0 aliphatic rings. The Morgan fingerprint density at radius 3 is 2.38 bits per heavy atom. The molecule has 10 heteroatoms. The molecule has 4 aromatic rings. The fraction of sp³-hybridized carbons (Fsp3) is 0.167. The number of para-hydroxylation sites is 1. The maximum Gasteiger partial charge on any atom is 0.257 e. The second-order valence-corrected chi connectivity index (χ2v) is 10.8. The third-order valence-corrected chi connectivity index (χ3v) is 7.15. The van der Waals surface area contributed by atoms with Crippen molar-refractivity contribution in [2.45, 2.75) is 19.9 Å². The molecule has 9 nitrogen and oxygen atoms in total. The number of sulfonamides is 1. The number of benzene rings is 3. The first-order valence-corrected chi connectivity index (χ1v) is 14.3. The summed E-state index contributed by atoms with van der Waals surface area (Å²) in [6.45, 7) is 2.53. The Balaban J connectivity index is 1.57. The number of nitrogen functional groups attached to an aromatic ring is 1. The van der Waals surface area contributed by atoms with Crippen molar-refractivity contribution in [3.63, 3.8) is 0 Å². The number of nitrogens with one attached hydrogen (secondary N) is 1. The lowest BCUT2D eigenvalue weighted by atomic mass is 9.99. The predicted molar refractivity (Wildman–Crippen MR) is 156 cm³/mol. The molecule has 1 unspecified atom stereocenters. The Bertz CT molecular complexity index is 1580. The smallest absolute Gasteiger partial charge is 0.257 e. The Morgan fingerprint density at radius 2 is 1.70 bits per heavy atom. The van der Waals surface area contributed by atoms with Crippen molar-refractivity contribution in [1.29, 1.82) is 0 Å². The summed E-state index contributed by atoms with van der Waals surface area (Å²) in [7, 11) is -4.17. The average molecular weight is 558 g/mol. The lowest BCUT2D eigenvalue weighted by molar-refractivity contribution is -0.132. The summed E-state index contributed by atoms with van der Waals surface area (Å²) in [6.07, 6.45) is 4.65. The highest BCUT2D eigenvalue weighted by Crippen LogP contribution is 2.20. The first kappa shape index (κ1) is 28.3. The van der Waals surface area contributed by atoms with Gasteiger partial charge >= 0.3 is 0 Å². The normalized spacial score (nSPS) is 12.2. The molecule has 0 aliphatic carbocycles. The van der Waals surface area contributed by atoms with E-state index >= 15 is 0 Å². The van der Waals surface area contributed by atoms with Crippen molar-refractivity contribution in [1.82, 2.24) is 14.5 Å². The number of nitrogens with two attached hydrogens (primary N) is 1. The molecule has 0 fully saturated rings. The summed E-state index contributed by atoms with van der Waals surface area (Å²) in [5, 5.41) is 5.28. The van der Waals surface area contributed by atoms with Crippen LogP contribution in [0.2, 0.25) is 0 Å². The van der Waals surface area contributed by atoms with Crippen LogP contribution < -0.4 is 15.4 Å². The molecule has 0 saturated heterocycles. The van der Waals surface area contributed by atoms with Gasteiger partial charge in [-0.1, -0.05) is 60.7 Å². The molecule has 206 valence electrons. The standard InChI is InChI=1S/C30H31N5O4S/c1-2-35(27-14-7-4-8-15-27)30(37)28(29(36)33-40(38,39)17-16-23-10-5-3-6-11-23)19-25-20-32-34(22-25)21-24-12-9-13-26(31)18-24/h3-18,20,22,28H,2,19,21,31H2,1H3,(H,33,36). The van der Waals surface area contributed by atoms with Crippen LogP contribution in [-0.4, -0.2) is 36.6 Å². The van der Waals surface area contributed by atoms with Crippen molar-refractivity contribution in [3.05, 3.63) is 119 Å². The fourth-order valence-corrected chi connectivity index (χ4v) is 5.07. The number of carbonyl (C=O) groups is 2. The van der Waals surface area contributed by atoms with E-state index in [-0.39, 0.29) is 6.42 Å². The highest BCUT2D eigenvalue weighted by molar-refractivity contribution is 7.93. The average Bonchev–Trinajstić information content (AvgIpc) is 3.38. The highest BCUT2D eigenvalue weighted by Gasteiger charge is 2.33. The van der Waals surface area contributed by atoms with Crippen molar-refractivity contribution in [3.8, 4) is 0 Å². The topological polar surface area (TPSA) is 127 Å². The molecule has 1 atom stereocenters. The first-order chi connectivity index (χ1) is 19.2. The Kier molecular flexibility index (Phi) is 9.13. The second kappa shape index (κ2) is 12.9. The number of carbonyl (C=O) groups excluding carboxylic acids is 2. The van der Waals surface area contributed by atoms with Crippen LogP contribution >= 0.6 is 0 Å². The summed E-state index contributed by atoms with van der Waals surface area (Å²) in [4.78, 5) is 28.6. The van der Waals surface area contributed by atoms with Crippen LogP contribution in [0.4, 0.5) is 11.4 Å². The molecule has 1 heterocycles. The molecule has 3 N–H and O–H groups in total. The molecular formula is C30H31N5O4S. The van der Waals surface area contributed by atoms with E-state index in [1.165, 1.54) is 11.0 Å². The van der Waals surface area contributed by atoms with Crippen LogP contribution in [0.15, 0.2) is 103 Å². The summed E-state index contributed by atoms with van der Waals surface area (Å²) in [5.41, 5.74) is 9.32. The van der Waals surface area contributed by atoms with Gasteiger partial charge in [0.25, 0.3) is 10.0 Å². The predicted octanol–water partition coefficient (Wildman–Crippen LogP) is 3.84. The molecular weight excluding hydrogens is 526 g/mol. The van der Waals surface area contributed by atoms with E-state index in [1.807, 2.05) is 30.3 Å². The van der Waals surface area contributed by atoms with Crippen molar-refractivity contribution < 1.29 is 18.0 Å². The minimum absolute atomic E-state index is 0.0388. The number of rotatable bonds is 11. The van der Waals surface area contributed by atoms with Gasteiger partial charge < -0.3 is 10.6 Å². The van der Waals surface area contributed by atoms with E-state index in [2.05, 4.69) is 9.82 Å². The van der Waals surface area contributed by atoms with E-state index in [1.54, 1.807) is 78.6 Å². The van der Waals surface area contributed by atoms with Gasteiger partial charge in [0.05, 0.1) is 18.1 Å². The van der Waals surface area contributed by atoms with E-state index in [4.69, 9.17) is 5.73 Å². The van der Waals surface area contributed by atoms with Crippen molar-refractivity contribution in [2.75, 3.05) is 17.2 Å². The van der Waals surface area contributed by atoms with E-state index < -0.39 is 27.8 Å². The summed E-state index contributed by atoms with van der Waals surface area (Å²) in [6, 6.07) is 25.2. The first-order valence-electron chi connectivity index (χ1n) is 12.8. The number of hydrogen-bond acceptors (Lipinski definition) is 6. The molecule has 2 amide bonds. The van der Waals surface area contributed by atoms with Gasteiger partial charge in [-0.05, 0) is 60.4 Å². The zero-order valence-electron chi connectivity index (χ0n) is 22.1. The quantitative estimate of drug-likeness (QED) is 0.213. The molecule has 0 radical (unpaired) electrons. The number of nitrogens with zero attached hydrogens (tertiary/aromatic N) is 3. The Morgan fingerprint density at radius 1 is 1.00 bits per heavy atom. The van der Waals surface area contributed by atoms with E-state index in [0.717, 1.165) is 11.0 Å². The molecule has 4 rings (SSSR count). The van der Waals surface area contributed by atoms with Gasteiger partial charge in [0.15, 0.2) is 0 Å². The van der Waals surface area contributed by atoms with Crippen LogP contribution in [0.3, 0.4) is 0 Å². The molecule has 40 heavy (non-hydrogen) atoms. The van der Waals surface area contributed by atoms with Crippen molar-refractivity contribution in [2.24, 2.45) is 5.92 Å². The van der Waals surface area contributed by atoms with Gasteiger partial charge in [-0.3, -0.25) is 14.3 Å². The Labute approximate surface area is 234 Å². The van der Waals surface area contributed by atoms with E-state index in [9.17, 15) is 18.0 Å². The van der Waals surface area contributed by atoms with Gasteiger partial charge in [0.1, 0.15) is 5.92 Å². The SMILES string of the molecule is CCN(C(=O)C(Cc1cnn(Cc2cccc(N)c2)c1)C(=O)NS(=O)(=O)C=Cc1ccccc1)c1ccccc1. The zero-order chi connectivity index (χ0) is 28.5. The van der Waals surface area contributed by atoms with E-state index in [0.29, 0.717) is 35.6 Å². The third kappa shape index (κ3) is 7.67. The minimum atomic E-state index is -4.17. The summed E-state index contributed by atoms with van der Waals surface area (Å²) < 4.78 is 29.3. The molecule has 1 aromatic heterocycles. The monoisotopic (exact) mass is 557 g/mol. The van der Waals surface area contributed by atoms with Gasteiger partial charge in [-0.2, -0.15) is 5.10 Å².